The van der Waals surface area contributed by atoms with E-state index >= 15 is 0 Å². The number of aliphatic carboxylic acids is 1. The highest BCUT2D eigenvalue weighted by Crippen LogP contribution is 2.33. The zero-order chi connectivity index (χ0) is 17.9. The number of carboxylic acid groups (broad SMARTS) is 1. The monoisotopic (exact) mass is 337 g/mol. The van der Waals surface area contributed by atoms with Crippen LogP contribution in [-0.4, -0.2) is 40.8 Å². The van der Waals surface area contributed by atoms with Crippen molar-refractivity contribution in [2.24, 2.45) is 5.92 Å². The minimum atomic E-state index is -1.00. The molecule has 24 heavy (non-hydrogen) atoms. The largest absolute Gasteiger partial charge is 0.481 e. The van der Waals surface area contributed by atoms with Crippen molar-refractivity contribution < 1.29 is 23.8 Å². The van der Waals surface area contributed by atoms with Crippen LogP contribution in [0, 0.1) is 11.7 Å². The Labute approximate surface area is 141 Å². The van der Waals surface area contributed by atoms with E-state index in [-0.39, 0.29) is 5.92 Å². The molecule has 0 aromatic heterocycles. The van der Waals surface area contributed by atoms with Gasteiger partial charge in [-0.3, -0.25) is 4.79 Å². The molecule has 1 aromatic rings. The fraction of sp³-hybridized carbons (Fsp3) is 0.556. The second-order valence-electron chi connectivity index (χ2n) is 7.20. The van der Waals surface area contributed by atoms with E-state index in [2.05, 4.69) is 0 Å². The summed E-state index contributed by atoms with van der Waals surface area (Å²) in [6.45, 7) is 6.21. The first kappa shape index (κ1) is 18.2. The Bertz CT molecular complexity index is 611. The van der Waals surface area contributed by atoms with E-state index in [1.807, 2.05) is 0 Å². The molecule has 2 rings (SSSR count). The number of benzene rings is 1. The van der Waals surface area contributed by atoms with E-state index < -0.39 is 29.4 Å². The molecule has 0 bridgehead atoms. The van der Waals surface area contributed by atoms with Gasteiger partial charge >= 0.3 is 12.1 Å². The van der Waals surface area contributed by atoms with Crippen LogP contribution in [0.15, 0.2) is 24.3 Å². The molecule has 1 amide bonds. The molecule has 2 unspecified atom stereocenters. The molecule has 132 valence electrons. The minimum absolute atomic E-state index is 0.273. The van der Waals surface area contributed by atoms with Crippen LogP contribution >= 0.6 is 0 Å². The zero-order valence-electron chi connectivity index (χ0n) is 14.3. The highest BCUT2D eigenvalue weighted by molar-refractivity contribution is 5.77. The van der Waals surface area contributed by atoms with Crippen LogP contribution < -0.4 is 0 Å². The Hall–Kier alpha value is -2.11. The van der Waals surface area contributed by atoms with E-state index in [9.17, 15) is 19.1 Å². The van der Waals surface area contributed by atoms with Crippen molar-refractivity contribution in [3.63, 3.8) is 0 Å². The standard InChI is InChI=1S/C18H24FNO4/c1-18(2,3)24-17(23)20-9-5-7-13(11-20)15(16(21)22)12-6-4-8-14(19)10-12/h4,6,8,10,13,15H,5,7,9,11H2,1-3H3,(H,21,22). The zero-order valence-corrected chi connectivity index (χ0v) is 14.3. The van der Waals surface area contributed by atoms with Gasteiger partial charge in [-0.15, -0.1) is 0 Å². The number of piperidine rings is 1. The molecule has 1 N–H and O–H groups in total. The van der Waals surface area contributed by atoms with Crippen LogP contribution in [-0.2, 0) is 9.53 Å². The summed E-state index contributed by atoms with van der Waals surface area (Å²) in [5, 5.41) is 9.62. The van der Waals surface area contributed by atoms with Gasteiger partial charge in [-0.2, -0.15) is 0 Å². The van der Waals surface area contributed by atoms with E-state index in [4.69, 9.17) is 4.74 Å². The average Bonchev–Trinajstić information content (AvgIpc) is 2.45. The summed E-state index contributed by atoms with van der Waals surface area (Å²) in [7, 11) is 0. The highest BCUT2D eigenvalue weighted by atomic mass is 19.1. The van der Waals surface area contributed by atoms with Crippen molar-refractivity contribution in [3.05, 3.63) is 35.6 Å². The highest BCUT2D eigenvalue weighted by Gasteiger charge is 2.36. The van der Waals surface area contributed by atoms with Gasteiger partial charge in [0.1, 0.15) is 11.4 Å². The molecule has 0 spiro atoms. The van der Waals surface area contributed by atoms with Crippen molar-refractivity contribution >= 4 is 12.1 Å². The lowest BCUT2D eigenvalue weighted by atomic mass is 9.81. The second-order valence-corrected chi connectivity index (χ2v) is 7.20. The first-order chi connectivity index (χ1) is 11.2. The molecule has 0 saturated carbocycles. The number of carboxylic acids is 1. The third-order valence-electron chi connectivity index (χ3n) is 4.05. The van der Waals surface area contributed by atoms with E-state index in [1.165, 1.54) is 18.2 Å². The predicted molar refractivity (Wildman–Crippen MR) is 87.3 cm³/mol. The molecular formula is C18H24FNO4. The maximum Gasteiger partial charge on any atom is 0.410 e. The maximum absolute atomic E-state index is 13.5. The quantitative estimate of drug-likeness (QED) is 0.914. The molecule has 5 nitrogen and oxygen atoms in total. The molecule has 1 aliphatic heterocycles. The summed E-state index contributed by atoms with van der Waals surface area (Å²) >= 11 is 0. The second kappa shape index (κ2) is 7.20. The van der Waals surface area contributed by atoms with Crippen molar-refractivity contribution in [2.75, 3.05) is 13.1 Å². The van der Waals surface area contributed by atoms with Crippen LogP contribution in [0.1, 0.15) is 45.1 Å². The number of halogens is 1. The fourth-order valence-corrected chi connectivity index (χ4v) is 3.09. The van der Waals surface area contributed by atoms with Crippen LogP contribution in [0.25, 0.3) is 0 Å². The molecule has 6 heteroatoms. The number of nitrogens with zero attached hydrogens (tertiary/aromatic N) is 1. The topological polar surface area (TPSA) is 66.8 Å². The van der Waals surface area contributed by atoms with Gasteiger partial charge in [-0.25, -0.2) is 9.18 Å². The number of carbonyl (C=O) groups is 2. The number of hydrogen-bond donors (Lipinski definition) is 1. The number of ether oxygens (including phenoxy) is 1. The Morgan fingerprint density at radius 1 is 1.38 bits per heavy atom. The maximum atomic E-state index is 13.5. The summed E-state index contributed by atoms with van der Waals surface area (Å²) < 4.78 is 18.8. The van der Waals surface area contributed by atoms with Gasteiger partial charge in [0.25, 0.3) is 0 Å². The van der Waals surface area contributed by atoms with Gasteiger partial charge in [-0.1, -0.05) is 12.1 Å². The van der Waals surface area contributed by atoms with Gasteiger partial charge < -0.3 is 14.7 Å². The molecule has 0 radical (unpaired) electrons. The molecule has 2 atom stereocenters. The average molecular weight is 337 g/mol. The molecule has 1 aromatic carbocycles. The first-order valence-corrected chi connectivity index (χ1v) is 8.13. The van der Waals surface area contributed by atoms with Crippen molar-refractivity contribution in [3.8, 4) is 0 Å². The summed E-state index contributed by atoms with van der Waals surface area (Å²) in [5.74, 6) is -2.58. The summed E-state index contributed by atoms with van der Waals surface area (Å²) in [6.07, 6.45) is 0.936. The lowest BCUT2D eigenvalue weighted by Crippen LogP contribution is -2.45. The van der Waals surface area contributed by atoms with Gasteiger partial charge in [-0.05, 0) is 57.2 Å². The van der Waals surface area contributed by atoms with Gasteiger partial charge in [0.05, 0.1) is 5.92 Å². The van der Waals surface area contributed by atoms with Gasteiger partial charge in [0.15, 0.2) is 0 Å². The number of amides is 1. The third-order valence-corrected chi connectivity index (χ3v) is 4.05. The SMILES string of the molecule is CC(C)(C)OC(=O)N1CCCC(C(C(=O)O)c2cccc(F)c2)C1. The molecule has 1 fully saturated rings. The number of carbonyl (C=O) groups excluding carboxylic acids is 1. The smallest absolute Gasteiger partial charge is 0.410 e. The number of hydrogen-bond acceptors (Lipinski definition) is 3. The minimum Gasteiger partial charge on any atom is -0.481 e. The lowest BCUT2D eigenvalue weighted by Gasteiger charge is -2.36. The predicted octanol–water partition coefficient (Wildman–Crippen LogP) is 3.64. The van der Waals surface area contributed by atoms with E-state index in [0.29, 0.717) is 31.5 Å². The Balaban J connectivity index is 2.16. The molecule has 0 aliphatic carbocycles. The first-order valence-electron chi connectivity index (χ1n) is 8.13. The normalized spacial score (nSPS) is 19.7. The summed E-state index contributed by atoms with van der Waals surface area (Å²) in [4.78, 5) is 25.5. The lowest BCUT2D eigenvalue weighted by molar-refractivity contribution is -0.140. The van der Waals surface area contributed by atoms with Gasteiger partial charge in [0, 0.05) is 13.1 Å². The Morgan fingerprint density at radius 2 is 2.08 bits per heavy atom. The van der Waals surface area contributed by atoms with Gasteiger partial charge in [0.2, 0.25) is 0 Å². The number of likely N-dealkylation sites (tertiary alicyclic amines) is 1. The molecule has 1 aliphatic rings. The van der Waals surface area contributed by atoms with Crippen LogP contribution in [0.5, 0.6) is 0 Å². The molecular weight excluding hydrogens is 313 g/mol. The van der Waals surface area contributed by atoms with E-state index in [1.54, 1.807) is 31.7 Å². The van der Waals surface area contributed by atoms with Crippen molar-refractivity contribution in [2.45, 2.75) is 45.1 Å². The Kier molecular flexibility index (Phi) is 5.47. The Morgan fingerprint density at radius 3 is 2.67 bits per heavy atom. The number of rotatable bonds is 3. The van der Waals surface area contributed by atoms with Crippen molar-refractivity contribution in [1.29, 1.82) is 0 Å². The molecule has 1 saturated heterocycles. The summed E-state index contributed by atoms with van der Waals surface area (Å²) in [6, 6.07) is 5.67. The van der Waals surface area contributed by atoms with Crippen LogP contribution in [0.3, 0.4) is 0 Å². The van der Waals surface area contributed by atoms with Crippen molar-refractivity contribution in [1.82, 2.24) is 4.90 Å². The molecule has 1 heterocycles. The van der Waals surface area contributed by atoms with E-state index in [0.717, 1.165) is 0 Å². The fourth-order valence-electron chi connectivity index (χ4n) is 3.09. The van der Waals surface area contributed by atoms with Crippen LogP contribution in [0.4, 0.5) is 9.18 Å². The van der Waals surface area contributed by atoms with Crippen LogP contribution in [0.2, 0.25) is 0 Å². The third kappa shape index (κ3) is 4.69. The summed E-state index contributed by atoms with van der Waals surface area (Å²) in [5.41, 5.74) is -0.169.